The van der Waals surface area contributed by atoms with Crippen molar-refractivity contribution in [2.75, 3.05) is 0 Å². The minimum absolute atomic E-state index is 0.347. The quantitative estimate of drug-likeness (QED) is 0.639. The van der Waals surface area contributed by atoms with Crippen molar-refractivity contribution in [3.05, 3.63) is 33.8 Å². The number of carbonyl (C=O) groups excluding carboxylic acids is 2. The zero-order chi connectivity index (χ0) is 9.59. The summed E-state index contributed by atoms with van der Waals surface area (Å²) >= 11 is 5.81. The lowest BCUT2D eigenvalue weighted by molar-refractivity contribution is 0.0879. The highest BCUT2D eigenvalue weighted by atomic mass is 35.5. The number of amides is 2. The predicted molar refractivity (Wildman–Crippen MR) is 48.0 cm³/mol. The van der Waals surface area contributed by atoms with Crippen molar-refractivity contribution in [3.63, 3.8) is 0 Å². The predicted octanol–water partition coefficient (Wildman–Crippen LogP) is 1.53. The Labute approximate surface area is 79.7 Å². The normalized spacial score (nSPS) is 14.3. The van der Waals surface area contributed by atoms with Gasteiger partial charge in [0.25, 0.3) is 11.8 Å². The van der Waals surface area contributed by atoms with Crippen LogP contribution >= 0.6 is 11.6 Å². The first-order valence-electron chi connectivity index (χ1n) is 3.75. The van der Waals surface area contributed by atoms with Crippen LogP contribution in [0.3, 0.4) is 0 Å². The lowest BCUT2D eigenvalue weighted by Gasteiger charge is -1.99. The lowest BCUT2D eigenvalue weighted by atomic mass is 10.1. The van der Waals surface area contributed by atoms with E-state index in [1.54, 1.807) is 13.0 Å². The lowest BCUT2D eigenvalue weighted by Crippen LogP contribution is -2.19. The third kappa shape index (κ3) is 1.12. The van der Waals surface area contributed by atoms with Gasteiger partial charge in [0.05, 0.1) is 11.1 Å². The molecule has 1 N–H and O–H groups in total. The molecule has 2 amide bonds. The first-order valence-corrected chi connectivity index (χ1v) is 4.13. The molecule has 1 aliphatic heterocycles. The minimum atomic E-state index is -0.373. The average molecular weight is 196 g/mol. The van der Waals surface area contributed by atoms with Gasteiger partial charge in [0.2, 0.25) is 0 Å². The Balaban J connectivity index is 2.72. The third-order valence-electron chi connectivity index (χ3n) is 2.02. The van der Waals surface area contributed by atoms with Gasteiger partial charge < -0.3 is 0 Å². The number of halogens is 1. The zero-order valence-electron chi connectivity index (χ0n) is 6.85. The highest BCUT2D eigenvalue weighted by molar-refractivity contribution is 6.32. The number of fused-ring (bicyclic) bond motifs is 1. The second kappa shape index (κ2) is 2.57. The van der Waals surface area contributed by atoms with Gasteiger partial charge in [-0.2, -0.15) is 0 Å². The van der Waals surface area contributed by atoms with Gasteiger partial charge >= 0.3 is 0 Å². The van der Waals surface area contributed by atoms with Gasteiger partial charge in [-0.25, -0.2) is 0 Å². The van der Waals surface area contributed by atoms with Crippen LogP contribution in [-0.2, 0) is 0 Å². The molecule has 0 aromatic heterocycles. The highest BCUT2D eigenvalue weighted by Gasteiger charge is 2.27. The maximum atomic E-state index is 11.2. The average Bonchev–Trinajstić information content (AvgIpc) is 2.31. The monoisotopic (exact) mass is 195 g/mol. The molecule has 0 spiro atoms. The molecule has 0 bridgehead atoms. The second-order valence-corrected chi connectivity index (χ2v) is 3.34. The first-order chi connectivity index (χ1) is 6.09. The summed E-state index contributed by atoms with van der Waals surface area (Å²) < 4.78 is 0. The molecular formula is C9H6ClNO2. The molecule has 0 unspecified atom stereocenters. The Morgan fingerprint density at radius 1 is 1.15 bits per heavy atom. The molecule has 0 saturated carbocycles. The van der Waals surface area contributed by atoms with Crippen LogP contribution in [0, 0.1) is 6.92 Å². The first kappa shape index (κ1) is 8.26. The van der Waals surface area contributed by atoms with E-state index in [4.69, 9.17) is 11.6 Å². The molecule has 4 heteroatoms. The second-order valence-electron chi connectivity index (χ2n) is 2.93. The number of hydrogen-bond acceptors (Lipinski definition) is 2. The highest BCUT2D eigenvalue weighted by Crippen LogP contribution is 2.23. The van der Waals surface area contributed by atoms with Gasteiger partial charge in [-0.05, 0) is 24.6 Å². The summed E-state index contributed by atoms with van der Waals surface area (Å²) in [4.78, 5) is 22.3. The van der Waals surface area contributed by atoms with Crippen LogP contribution in [0.25, 0.3) is 0 Å². The van der Waals surface area contributed by atoms with Crippen molar-refractivity contribution in [1.82, 2.24) is 5.32 Å². The minimum Gasteiger partial charge on any atom is -0.288 e. The largest absolute Gasteiger partial charge is 0.288 e. The van der Waals surface area contributed by atoms with Crippen LogP contribution in [-0.4, -0.2) is 11.8 Å². The summed E-state index contributed by atoms with van der Waals surface area (Å²) in [6.45, 7) is 1.79. The topological polar surface area (TPSA) is 46.2 Å². The Morgan fingerprint density at radius 2 is 1.69 bits per heavy atom. The van der Waals surface area contributed by atoms with Crippen LogP contribution in [0.4, 0.5) is 0 Å². The summed E-state index contributed by atoms with van der Waals surface area (Å²) in [6, 6.07) is 3.14. The summed E-state index contributed by atoms with van der Waals surface area (Å²) in [5.41, 5.74) is 1.57. The molecule has 13 heavy (non-hydrogen) atoms. The molecule has 1 heterocycles. The summed E-state index contributed by atoms with van der Waals surface area (Å²) in [6.07, 6.45) is 0. The number of hydrogen-bond donors (Lipinski definition) is 1. The molecule has 0 radical (unpaired) electrons. The molecule has 0 atom stereocenters. The van der Waals surface area contributed by atoms with E-state index in [2.05, 4.69) is 5.32 Å². The number of nitrogens with one attached hydrogen (secondary N) is 1. The molecule has 1 aliphatic rings. The van der Waals surface area contributed by atoms with Crippen LogP contribution in [0.15, 0.2) is 12.1 Å². The van der Waals surface area contributed by atoms with Crippen molar-refractivity contribution in [2.45, 2.75) is 6.92 Å². The van der Waals surface area contributed by atoms with E-state index in [0.29, 0.717) is 16.1 Å². The van der Waals surface area contributed by atoms with Gasteiger partial charge in [-0.15, -0.1) is 0 Å². The Kier molecular flexibility index (Phi) is 1.63. The molecule has 0 aliphatic carbocycles. The standard InChI is InChI=1S/C9H6ClNO2/c1-4-2-5-6(3-7(4)10)9(13)11-8(5)12/h2-3H,1H3,(H,11,12,13). The number of aryl methyl sites for hydroxylation is 1. The fraction of sp³-hybridized carbons (Fsp3) is 0.111. The van der Waals surface area contributed by atoms with E-state index in [1.807, 2.05) is 0 Å². The van der Waals surface area contributed by atoms with E-state index >= 15 is 0 Å². The van der Waals surface area contributed by atoms with E-state index in [-0.39, 0.29) is 11.8 Å². The van der Waals surface area contributed by atoms with Gasteiger partial charge in [0, 0.05) is 5.02 Å². The van der Waals surface area contributed by atoms with Crippen LogP contribution in [0.2, 0.25) is 5.02 Å². The van der Waals surface area contributed by atoms with E-state index in [1.165, 1.54) is 6.07 Å². The maximum absolute atomic E-state index is 11.2. The van der Waals surface area contributed by atoms with Crippen molar-refractivity contribution >= 4 is 23.4 Å². The van der Waals surface area contributed by atoms with Gasteiger partial charge in [-0.3, -0.25) is 14.9 Å². The molecule has 3 nitrogen and oxygen atoms in total. The zero-order valence-corrected chi connectivity index (χ0v) is 7.61. The Morgan fingerprint density at radius 3 is 2.31 bits per heavy atom. The molecule has 2 rings (SSSR count). The van der Waals surface area contributed by atoms with Gasteiger partial charge in [-0.1, -0.05) is 11.6 Å². The fourth-order valence-electron chi connectivity index (χ4n) is 1.30. The van der Waals surface area contributed by atoms with Gasteiger partial charge in [0.1, 0.15) is 0 Å². The molecule has 1 aromatic carbocycles. The van der Waals surface area contributed by atoms with Crippen molar-refractivity contribution in [2.24, 2.45) is 0 Å². The number of benzene rings is 1. The van der Waals surface area contributed by atoms with E-state index < -0.39 is 0 Å². The SMILES string of the molecule is Cc1cc2c(cc1Cl)C(=O)NC2=O. The molecule has 0 fully saturated rings. The molecule has 66 valence electrons. The van der Waals surface area contributed by atoms with Crippen LogP contribution in [0.1, 0.15) is 26.3 Å². The maximum Gasteiger partial charge on any atom is 0.258 e. The number of imide groups is 1. The molecular weight excluding hydrogens is 190 g/mol. The van der Waals surface area contributed by atoms with Crippen molar-refractivity contribution in [1.29, 1.82) is 0 Å². The summed E-state index contributed by atoms with van der Waals surface area (Å²) in [5, 5.41) is 2.70. The summed E-state index contributed by atoms with van der Waals surface area (Å²) in [7, 11) is 0. The van der Waals surface area contributed by atoms with Gasteiger partial charge in [0.15, 0.2) is 0 Å². The van der Waals surface area contributed by atoms with Crippen LogP contribution in [0.5, 0.6) is 0 Å². The Bertz CT molecular complexity index is 387. The summed E-state index contributed by atoms with van der Waals surface area (Å²) in [5.74, 6) is -0.721. The Hall–Kier alpha value is -1.35. The fourth-order valence-corrected chi connectivity index (χ4v) is 1.46. The molecule has 1 aromatic rings. The number of rotatable bonds is 0. The van der Waals surface area contributed by atoms with Crippen LogP contribution < -0.4 is 5.32 Å². The van der Waals surface area contributed by atoms with Crippen molar-refractivity contribution < 1.29 is 9.59 Å². The van der Waals surface area contributed by atoms with Crippen molar-refractivity contribution in [3.8, 4) is 0 Å². The molecule has 0 saturated heterocycles. The number of carbonyl (C=O) groups is 2. The third-order valence-corrected chi connectivity index (χ3v) is 2.42. The van der Waals surface area contributed by atoms with E-state index in [0.717, 1.165) is 5.56 Å². The smallest absolute Gasteiger partial charge is 0.258 e. The van der Waals surface area contributed by atoms with E-state index in [9.17, 15) is 9.59 Å².